The van der Waals surface area contributed by atoms with Crippen molar-refractivity contribution in [2.75, 3.05) is 13.2 Å². The van der Waals surface area contributed by atoms with Gasteiger partial charge in [-0.1, -0.05) is 26.8 Å². The molecule has 4 nitrogen and oxygen atoms in total. The summed E-state index contributed by atoms with van der Waals surface area (Å²) >= 11 is 0. The standard InChI is InChI=1S/C16H25FN2O2/c1-5-18-9-13-6-7-15(14(17)8-13)21-10-16(20)19-12(4)11(2)3/h6-8,11-12,18H,5,9-10H2,1-4H3,(H,19,20). The van der Waals surface area contributed by atoms with Crippen LogP contribution >= 0.6 is 0 Å². The maximum Gasteiger partial charge on any atom is 0.258 e. The lowest BCUT2D eigenvalue weighted by Gasteiger charge is -2.17. The Bertz CT molecular complexity index is 464. The van der Waals surface area contributed by atoms with Crippen LogP contribution in [0.4, 0.5) is 4.39 Å². The second kappa shape index (κ2) is 8.62. The van der Waals surface area contributed by atoms with Crippen molar-refractivity contribution in [2.24, 2.45) is 5.92 Å². The van der Waals surface area contributed by atoms with Gasteiger partial charge in [0.05, 0.1) is 0 Å². The Morgan fingerprint density at radius 1 is 1.33 bits per heavy atom. The third kappa shape index (κ3) is 6.12. The van der Waals surface area contributed by atoms with Crippen LogP contribution in [0.2, 0.25) is 0 Å². The zero-order valence-corrected chi connectivity index (χ0v) is 13.2. The first-order valence-electron chi connectivity index (χ1n) is 7.35. The van der Waals surface area contributed by atoms with Crippen molar-refractivity contribution in [1.82, 2.24) is 10.6 Å². The zero-order valence-electron chi connectivity index (χ0n) is 13.2. The Morgan fingerprint density at radius 3 is 2.62 bits per heavy atom. The minimum Gasteiger partial charge on any atom is -0.481 e. The number of nitrogens with one attached hydrogen (secondary N) is 2. The molecule has 1 atom stereocenters. The highest BCUT2D eigenvalue weighted by molar-refractivity contribution is 5.77. The van der Waals surface area contributed by atoms with E-state index in [2.05, 4.69) is 10.6 Å². The van der Waals surface area contributed by atoms with Crippen LogP contribution in [0.3, 0.4) is 0 Å². The molecule has 0 saturated carbocycles. The maximum atomic E-state index is 13.8. The molecule has 0 aliphatic heterocycles. The van der Waals surface area contributed by atoms with Crippen LogP contribution in [0.25, 0.3) is 0 Å². The molecule has 5 heteroatoms. The summed E-state index contributed by atoms with van der Waals surface area (Å²) in [6, 6.07) is 4.83. The van der Waals surface area contributed by atoms with Crippen molar-refractivity contribution in [3.63, 3.8) is 0 Å². The van der Waals surface area contributed by atoms with Gasteiger partial charge in [-0.3, -0.25) is 4.79 Å². The van der Waals surface area contributed by atoms with Crippen LogP contribution in [0.5, 0.6) is 5.75 Å². The zero-order chi connectivity index (χ0) is 15.8. The van der Waals surface area contributed by atoms with E-state index in [1.54, 1.807) is 12.1 Å². The van der Waals surface area contributed by atoms with E-state index in [4.69, 9.17) is 4.74 Å². The largest absolute Gasteiger partial charge is 0.481 e. The number of carbonyl (C=O) groups is 1. The molecule has 1 aromatic rings. The molecule has 0 radical (unpaired) electrons. The summed E-state index contributed by atoms with van der Waals surface area (Å²) in [5.41, 5.74) is 0.847. The number of rotatable bonds is 8. The predicted molar refractivity (Wildman–Crippen MR) is 81.7 cm³/mol. The van der Waals surface area contributed by atoms with Gasteiger partial charge in [0.2, 0.25) is 0 Å². The number of ether oxygens (including phenoxy) is 1. The molecule has 21 heavy (non-hydrogen) atoms. The molecule has 1 aromatic carbocycles. The van der Waals surface area contributed by atoms with Gasteiger partial charge < -0.3 is 15.4 Å². The van der Waals surface area contributed by atoms with Gasteiger partial charge in [-0.15, -0.1) is 0 Å². The van der Waals surface area contributed by atoms with Crippen LogP contribution < -0.4 is 15.4 Å². The van der Waals surface area contributed by atoms with Crippen molar-refractivity contribution in [2.45, 2.75) is 40.3 Å². The molecule has 0 heterocycles. The molecule has 0 spiro atoms. The third-order valence-corrected chi connectivity index (χ3v) is 3.32. The fourth-order valence-electron chi connectivity index (χ4n) is 1.65. The molecule has 1 amide bonds. The molecular formula is C16H25FN2O2. The molecule has 118 valence electrons. The van der Waals surface area contributed by atoms with Crippen molar-refractivity contribution in [1.29, 1.82) is 0 Å². The van der Waals surface area contributed by atoms with Crippen molar-refractivity contribution in [3.8, 4) is 5.75 Å². The van der Waals surface area contributed by atoms with Gasteiger partial charge in [-0.25, -0.2) is 4.39 Å². The van der Waals surface area contributed by atoms with Gasteiger partial charge in [0.1, 0.15) is 0 Å². The summed E-state index contributed by atoms with van der Waals surface area (Å²) in [6.45, 7) is 9.22. The predicted octanol–water partition coefficient (Wildman–Crippen LogP) is 2.47. The fraction of sp³-hybridized carbons (Fsp3) is 0.562. The van der Waals surface area contributed by atoms with E-state index in [1.807, 2.05) is 27.7 Å². The Hall–Kier alpha value is -1.62. The van der Waals surface area contributed by atoms with E-state index < -0.39 is 5.82 Å². The average molecular weight is 296 g/mol. The summed E-state index contributed by atoms with van der Waals surface area (Å²) in [7, 11) is 0. The van der Waals surface area contributed by atoms with E-state index in [0.717, 1.165) is 12.1 Å². The number of hydrogen-bond acceptors (Lipinski definition) is 3. The Balaban J connectivity index is 2.50. The highest BCUT2D eigenvalue weighted by Gasteiger charge is 2.12. The Morgan fingerprint density at radius 2 is 2.05 bits per heavy atom. The third-order valence-electron chi connectivity index (χ3n) is 3.32. The topological polar surface area (TPSA) is 50.4 Å². The summed E-state index contributed by atoms with van der Waals surface area (Å²) in [5.74, 6) is -0.249. The lowest BCUT2D eigenvalue weighted by atomic mass is 10.1. The van der Waals surface area contributed by atoms with Crippen molar-refractivity contribution in [3.05, 3.63) is 29.6 Å². The summed E-state index contributed by atoms with van der Waals surface area (Å²) in [4.78, 5) is 11.7. The molecule has 0 aromatic heterocycles. The highest BCUT2D eigenvalue weighted by Crippen LogP contribution is 2.18. The fourth-order valence-corrected chi connectivity index (χ4v) is 1.65. The van der Waals surface area contributed by atoms with Crippen molar-refractivity contribution >= 4 is 5.91 Å². The SMILES string of the molecule is CCNCc1ccc(OCC(=O)NC(C)C(C)C)c(F)c1. The van der Waals surface area contributed by atoms with E-state index in [0.29, 0.717) is 12.5 Å². The lowest BCUT2D eigenvalue weighted by molar-refractivity contribution is -0.124. The molecule has 0 aliphatic rings. The van der Waals surface area contributed by atoms with Crippen LogP contribution in [0, 0.1) is 11.7 Å². The second-order valence-electron chi connectivity index (χ2n) is 5.43. The first-order chi connectivity index (χ1) is 9.93. The minimum atomic E-state index is -0.449. The van der Waals surface area contributed by atoms with Gasteiger partial charge in [-0.2, -0.15) is 0 Å². The number of halogens is 1. The number of carbonyl (C=O) groups excluding carboxylic acids is 1. The molecule has 0 aliphatic carbocycles. The second-order valence-corrected chi connectivity index (χ2v) is 5.43. The number of hydrogen-bond donors (Lipinski definition) is 2. The van der Waals surface area contributed by atoms with Crippen LogP contribution in [0.1, 0.15) is 33.3 Å². The van der Waals surface area contributed by atoms with Gasteiger partial charge in [0.25, 0.3) is 5.91 Å². The number of benzene rings is 1. The molecule has 1 unspecified atom stereocenters. The maximum absolute atomic E-state index is 13.8. The normalized spacial score (nSPS) is 12.3. The molecule has 0 fully saturated rings. The van der Waals surface area contributed by atoms with E-state index >= 15 is 0 Å². The van der Waals surface area contributed by atoms with E-state index in [-0.39, 0.29) is 24.3 Å². The Labute approximate surface area is 126 Å². The van der Waals surface area contributed by atoms with Gasteiger partial charge >= 0.3 is 0 Å². The summed E-state index contributed by atoms with van der Waals surface area (Å²) in [6.07, 6.45) is 0. The van der Waals surface area contributed by atoms with Crippen molar-refractivity contribution < 1.29 is 13.9 Å². The summed E-state index contributed by atoms with van der Waals surface area (Å²) < 4.78 is 19.1. The van der Waals surface area contributed by atoms with Gasteiger partial charge in [-0.05, 0) is 37.1 Å². The Kier molecular flexibility index (Phi) is 7.15. The monoisotopic (exact) mass is 296 g/mol. The van der Waals surface area contributed by atoms with Crippen LogP contribution in [-0.2, 0) is 11.3 Å². The van der Waals surface area contributed by atoms with Crippen LogP contribution in [0.15, 0.2) is 18.2 Å². The first kappa shape index (κ1) is 17.4. The molecule has 1 rings (SSSR count). The van der Waals surface area contributed by atoms with E-state index in [1.165, 1.54) is 6.07 Å². The van der Waals surface area contributed by atoms with Gasteiger partial charge in [0.15, 0.2) is 18.2 Å². The molecule has 0 saturated heterocycles. The van der Waals surface area contributed by atoms with Gasteiger partial charge in [0, 0.05) is 12.6 Å². The quantitative estimate of drug-likeness (QED) is 0.775. The average Bonchev–Trinajstić information content (AvgIpc) is 2.43. The lowest BCUT2D eigenvalue weighted by Crippen LogP contribution is -2.39. The highest BCUT2D eigenvalue weighted by atomic mass is 19.1. The molecule has 0 bridgehead atoms. The smallest absolute Gasteiger partial charge is 0.258 e. The first-order valence-corrected chi connectivity index (χ1v) is 7.35. The van der Waals surface area contributed by atoms with Crippen LogP contribution in [-0.4, -0.2) is 25.1 Å². The number of amides is 1. The summed E-state index contributed by atoms with van der Waals surface area (Å²) in [5, 5.41) is 5.93. The molecule has 2 N–H and O–H groups in total. The molecular weight excluding hydrogens is 271 g/mol. The van der Waals surface area contributed by atoms with E-state index in [9.17, 15) is 9.18 Å². The minimum absolute atomic E-state index is 0.0634.